The van der Waals surface area contributed by atoms with Crippen LogP contribution in [0.2, 0.25) is 0 Å². The zero-order chi connectivity index (χ0) is 12.2. The second kappa shape index (κ2) is 3.19. The zero-order valence-electron chi connectivity index (χ0n) is 11.1. The van der Waals surface area contributed by atoms with Gasteiger partial charge >= 0.3 is 0 Å². The largest absolute Gasteiger partial charge is 0.295 e. The van der Waals surface area contributed by atoms with Crippen molar-refractivity contribution in [2.75, 3.05) is 7.05 Å². The van der Waals surface area contributed by atoms with Crippen LogP contribution in [0.15, 0.2) is 12.2 Å². The summed E-state index contributed by atoms with van der Waals surface area (Å²) in [7, 11) is 2.19. The third-order valence-electron chi connectivity index (χ3n) is 5.10. The quantitative estimate of drug-likeness (QED) is 0.528. The smallest absolute Gasteiger partial charge is 0.152 e. The summed E-state index contributed by atoms with van der Waals surface area (Å²) in [5, 5.41) is 0. The molecule has 0 aromatic rings. The number of nitrogens with zero attached hydrogens (tertiary/aromatic N) is 1. The van der Waals surface area contributed by atoms with Gasteiger partial charge in [0.15, 0.2) is 5.78 Å². The maximum atomic E-state index is 11.2. The molecular formula is C14H23NO. The van der Waals surface area contributed by atoms with Crippen LogP contribution in [0.25, 0.3) is 0 Å². The number of likely N-dealkylation sites (tertiary alicyclic amines) is 1. The maximum absolute atomic E-state index is 11.2. The molecule has 0 radical (unpaired) electrons. The SMILES string of the molecule is CC(=O)/C=C/[C@@]12N(C)[C@]1(C)CCCC2(C)C. The summed E-state index contributed by atoms with van der Waals surface area (Å²) in [4.78, 5) is 13.6. The molecule has 3 atom stereocenters. The molecule has 1 unspecified atom stereocenters. The highest BCUT2D eigenvalue weighted by molar-refractivity contribution is 5.87. The summed E-state index contributed by atoms with van der Waals surface area (Å²) >= 11 is 0. The first-order chi connectivity index (χ1) is 7.28. The highest BCUT2D eigenvalue weighted by atomic mass is 16.1. The fourth-order valence-electron chi connectivity index (χ4n) is 4.08. The van der Waals surface area contributed by atoms with Gasteiger partial charge in [0, 0.05) is 5.54 Å². The van der Waals surface area contributed by atoms with E-state index in [0.29, 0.717) is 0 Å². The summed E-state index contributed by atoms with van der Waals surface area (Å²) in [6.07, 6.45) is 7.71. The van der Waals surface area contributed by atoms with Gasteiger partial charge in [-0.3, -0.25) is 9.69 Å². The summed E-state index contributed by atoms with van der Waals surface area (Å²) < 4.78 is 0. The zero-order valence-corrected chi connectivity index (χ0v) is 11.1. The van der Waals surface area contributed by atoms with Gasteiger partial charge in [-0.15, -0.1) is 0 Å². The van der Waals surface area contributed by atoms with E-state index in [1.54, 1.807) is 13.0 Å². The van der Waals surface area contributed by atoms with Crippen molar-refractivity contribution < 1.29 is 4.79 Å². The van der Waals surface area contributed by atoms with E-state index in [0.717, 1.165) is 0 Å². The Balaban J connectivity index is 2.39. The van der Waals surface area contributed by atoms with Gasteiger partial charge in [-0.25, -0.2) is 0 Å². The van der Waals surface area contributed by atoms with E-state index in [4.69, 9.17) is 0 Å². The molecule has 2 nitrogen and oxygen atoms in total. The van der Waals surface area contributed by atoms with Crippen LogP contribution in [-0.2, 0) is 4.79 Å². The minimum absolute atomic E-state index is 0.101. The lowest BCUT2D eigenvalue weighted by Gasteiger charge is -2.39. The molecule has 1 saturated heterocycles. The average molecular weight is 221 g/mol. The number of fused-ring (bicyclic) bond motifs is 1. The van der Waals surface area contributed by atoms with E-state index >= 15 is 0 Å². The van der Waals surface area contributed by atoms with Crippen LogP contribution in [-0.4, -0.2) is 28.8 Å². The van der Waals surface area contributed by atoms with Crippen molar-refractivity contribution >= 4 is 5.78 Å². The molecule has 2 fully saturated rings. The lowest BCUT2D eigenvalue weighted by Crippen LogP contribution is -2.41. The van der Waals surface area contributed by atoms with Gasteiger partial charge < -0.3 is 0 Å². The van der Waals surface area contributed by atoms with Gasteiger partial charge in [0.05, 0.1) is 5.54 Å². The highest BCUT2D eigenvalue weighted by Crippen LogP contribution is 2.67. The number of rotatable bonds is 2. The molecule has 0 aromatic heterocycles. The predicted octanol–water partition coefficient (Wildman–Crippen LogP) is 2.78. The average Bonchev–Trinajstić information content (AvgIpc) is 2.63. The number of hydrogen-bond acceptors (Lipinski definition) is 2. The molecule has 1 aliphatic carbocycles. The van der Waals surface area contributed by atoms with Crippen LogP contribution in [0, 0.1) is 5.41 Å². The van der Waals surface area contributed by atoms with Gasteiger partial charge in [-0.2, -0.15) is 0 Å². The first kappa shape index (κ1) is 11.8. The summed E-state index contributed by atoms with van der Waals surface area (Å²) in [5.41, 5.74) is 0.630. The molecule has 16 heavy (non-hydrogen) atoms. The number of hydrogen-bond donors (Lipinski definition) is 0. The van der Waals surface area contributed by atoms with Gasteiger partial charge in [-0.05, 0) is 45.2 Å². The van der Waals surface area contributed by atoms with E-state index in [2.05, 4.69) is 38.8 Å². The number of carbonyl (C=O) groups is 1. The van der Waals surface area contributed by atoms with E-state index in [1.807, 2.05) is 0 Å². The molecule has 0 aromatic carbocycles. The first-order valence-corrected chi connectivity index (χ1v) is 6.22. The molecule has 0 bridgehead atoms. The summed E-state index contributed by atoms with van der Waals surface area (Å²) in [6.45, 7) is 8.62. The monoisotopic (exact) mass is 221 g/mol. The Morgan fingerprint density at radius 3 is 2.38 bits per heavy atom. The lowest BCUT2D eigenvalue weighted by molar-refractivity contribution is -0.112. The summed E-state index contributed by atoms with van der Waals surface area (Å²) in [5.74, 6) is 0.151. The molecule has 1 heterocycles. The first-order valence-electron chi connectivity index (χ1n) is 6.22. The minimum atomic E-state index is 0.101. The molecule has 1 aliphatic heterocycles. The molecule has 0 N–H and O–H groups in total. The Morgan fingerprint density at radius 1 is 1.25 bits per heavy atom. The van der Waals surface area contributed by atoms with Crippen molar-refractivity contribution in [2.45, 2.75) is 58.0 Å². The lowest BCUT2D eigenvalue weighted by atomic mass is 9.64. The standard InChI is InChI=1S/C14H23NO/c1-11(16)7-10-14-12(2,3)8-6-9-13(14,4)15(14)5/h7,10H,6,8-9H2,1-5H3/b10-7+/t13-,14+,15?/m1/s1. The fourth-order valence-corrected chi connectivity index (χ4v) is 4.08. The number of allylic oxidation sites excluding steroid dienone is 1. The van der Waals surface area contributed by atoms with E-state index in [-0.39, 0.29) is 22.3 Å². The maximum Gasteiger partial charge on any atom is 0.152 e. The van der Waals surface area contributed by atoms with Crippen LogP contribution in [0.5, 0.6) is 0 Å². The molecule has 1 saturated carbocycles. The van der Waals surface area contributed by atoms with Crippen molar-refractivity contribution in [2.24, 2.45) is 5.41 Å². The molecule has 2 aliphatic rings. The Labute approximate surface area is 98.7 Å². The Bertz CT molecular complexity index is 344. The van der Waals surface area contributed by atoms with Crippen molar-refractivity contribution in [1.82, 2.24) is 4.90 Å². The minimum Gasteiger partial charge on any atom is -0.295 e. The third-order valence-corrected chi connectivity index (χ3v) is 5.10. The molecule has 0 amide bonds. The van der Waals surface area contributed by atoms with Crippen molar-refractivity contribution in [1.29, 1.82) is 0 Å². The topological polar surface area (TPSA) is 20.1 Å². The van der Waals surface area contributed by atoms with Crippen molar-refractivity contribution in [3.8, 4) is 0 Å². The van der Waals surface area contributed by atoms with Crippen LogP contribution in [0.4, 0.5) is 0 Å². The van der Waals surface area contributed by atoms with E-state index < -0.39 is 0 Å². The molecule has 90 valence electrons. The molecule has 2 rings (SSSR count). The van der Waals surface area contributed by atoms with Gasteiger partial charge in [0.1, 0.15) is 0 Å². The second-order valence-electron chi connectivity index (χ2n) is 6.28. The van der Waals surface area contributed by atoms with Gasteiger partial charge in [0.2, 0.25) is 0 Å². The normalized spacial score (nSPS) is 45.4. The van der Waals surface area contributed by atoms with Crippen LogP contribution in [0.3, 0.4) is 0 Å². The highest BCUT2D eigenvalue weighted by Gasteiger charge is 2.75. The van der Waals surface area contributed by atoms with E-state index in [1.165, 1.54) is 19.3 Å². The second-order valence-corrected chi connectivity index (χ2v) is 6.28. The van der Waals surface area contributed by atoms with Crippen LogP contribution >= 0.6 is 0 Å². The third kappa shape index (κ3) is 1.20. The van der Waals surface area contributed by atoms with Gasteiger partial charge in [-0.1, -0.05) is 26.3 Å². The molecule has 2 heteroatoms. The number of carbonyl (C=O) groups excluding carboxylic acids is 1. The van der Waals surface area contributed by atoms with E-state index in [9.17, 15) is 4.79 Å². The Kier molecular flexibility index (Phi) is 2.36. The Hall–Kier alpha value is -0.630. The fraction of sp³-hybridized carbons (Fsp3) is 0.786. The van der Waals surface area contributed by atoms with Gasteiger partial charge in [0.25, 0.3) is 0 Å². The number of ketones is 1. The van der Waals surface area contributed by atoms with Crippen molar-refractivity contribution in [3.63, 3.8) is 0 Å². The number of likely N-dealkylation sites (N-methyl/N-ethyl adjacent to an activating group) is 1. The predicted molar refractivity (Wildman–Crippen MR) is 66.4 cm³/mol. The van der Waals surface area contributed by atoms with Crippen LogP contribution in [0.1, 0.15) is 47.0 Å². The molecule has 0 spiro atoms. The van der Waals surface area contributed by atoms with Crippen LogP contribution < -0.4 is 0 Å². The summed E-state index contributed by atoms with van der Waals surface area (Å²) in [6, 6.07) is 0. The Morgan fingerprint density at radius 2 is 1.88 bits per heavy atom. The molecular weight excluding hydrogens is 198 g/mol. The van der Waals surface area contributed by atoms with Crippen molar-refractivity contribution in [3.05, 3.63) is 12.2 Å².